The van der Waals surface area contributed by atoms with Crippen LogP contribution in [0.2, 0.25) is 10.0 Å². The highest BCUT2D eigenvalue weighted by atomic mass is 35.5. The predicted octanol–water partition coefficient (Wildman–Crippen LogP) is 6.56. The largest absolute Gasteiger partial charge is 0.352 e. The number of hydrogen-bond acceptors (Lipinski definition) is 3. The maximum Gasteiger partial charge on any atom is 0.243 e. The summed E-state index contributed by atoms with van der Waals surface area (Å²) in [5.41, 5.74) is 2.87. The summed E-state index contributed by atoms with van der Waals surface area (Å²) in [6.45, 7) is 6.05. The molecule has 1 N–H and O–H groups in total. The Morgan fingerprint density at radius 3 is 2.29 bits per heavy atom. The standard InChI is InChI=1S/C28H30Cl2N2O2S/c1-19(2)31-28(34)26(15-21-7-5-4-6-8-21)32(17-22-11-12-23(29)16-25(22)30)27(33)18-35-24-13-9-20(3)10-14-24/h4-14,16,19,26H,15,17-18H2,1-3H3,(H,31,34)/t26-/m0/s1. The first kappa shape index (κ1) is 27.1. The molecule has 0 spiro atoms. The van der Waals surface area contributed by atoms with Gasteiger partial charge in [-0.25, -0.2) is 0 Å². The van der Waals surface area contributed by atoms with Crippen molar-refractivity contribution in [3.8, 4) is 0 Å². The van der Waals surface area contributed by atoms with E-state index >= 15 is 0 Å². The lowest BCUT2D eigenvalue weighted by molar-refractivity contribution is -0.139. The van der Waals surface area contributed by atoms with Crippen molar-refractivity contribution >= 4 is 46.8 Å². The van der Waals surface area contributed by atoms with Gasteiger partial charge in [-0.1, -0.05) is 77.3 Å². The SMILES string of the molecule is Cc1ccc(SCC(=O)N(Cc2ccc(Cl)cc2Cl)[C@@H](Cc2ccccc2)C(=O)NC(C)C)cc1. The molecular weight excluding hydrogens is 499 g/mol. The van der Waals surface area contributed by atoms with Crippen molar-refractivity contribution in [3.05, 3.63) is 99.5 Å². The Morgan fingerprint density at radius 1 is 0.971 bits per heavy atom. The molecule has 0 saturated carbocycles. The predicted molar refractivity (Wildman–Crippen MR) is 146 cm³/mol. The summed E-state index contributed by atoms with van der Waals surface area (Å²) in [4.78, 5) is 29.7. The van der Waals surface area contributed by atoms with Gasteiger partial charge >= 0.3 is 0 Å². The molecule has 0 saturated heterocycles. The third-order valence-electron chi connectivity index (χ3n) is 5.44. The van der Waals surface area contributed by atoms with E-state index in [2.05, 4.69) is 5.32 Å². The Morgan fingerprint density at radius 2 is 1.66 bits per heavy atom. The van der Waals surface area contributed by atoms with Gasteiger partial charge in [0.25, 0.3) is 0 Å². The van der Waals surface area contributed by atoms with Crippen molar-refractivity contribution in [2.24, 2.45) is 0 Å². The van der Waals surface area contributed by atoms with Gasteiger partial charge in [0.1, 0.15) is 6.04 Å². The number of aryl methyl sites for hydroxylation is 1. The lowest BCUT2D eigenvalue weighted by Gasteiger charge is -2.32. The number of thioether (sulfide) groups is 1. The van der Waals surface area contributed by atoms with Crippen LogP contribution in [0.15, 0.2) is 77.7 Å². The Bertz CT molecular complexity index is 1140. The molecule has 7 heteroatoms. The van der Waals surface area contributed by atoms with Gasteiger partial charge in [-0.05, 0) is 56.2 Å². The quantitative estimate of drug-likeness (QED) is 0.303. The fraction of sp³-hybridized carbons (Fsp3) is 0.286. The van der Waals surface area contributed by atoms with Gasteiger partial charge in [-0.15, -0.1) is 11.8 Å². The van der Waals surface area contributed by atoms with Gasteiger partial charge in [0.15, 0.2) is 0 Å². The number of carbonyl (C=O) groups excluding carboxylic acids is 2. The summed E-state index contributed by atoms with van der Waals surface area (Å²) in [6, 6.07) is 22.2. The van der Waals surface area contributed by atoms with E-state index < -0.39 is 6.04 Å². The van der Waals surface area contributed by atoms with E-state index in [1.165, 1.54) is 11.8 Å². The molecule has 184 valence electrons. The molecule has 0 radical (unpaired) electrons. The Labute approximate surface area is 222 Å². The minimum absolute atomic E-state index is 0.0567. The third-order valence-corrected chi connectivity index (χ3v) is 7.02. The van der Waals surface area contributed by atoms with E-state index in [-0.39, 0.29) is 30.2 Å². The van der Waals surface area contributed by atoms with Gasteiger partial charge in [0, 0.05) is 33.9 Å². The van der Waals surface area contributed by atoms with Gasteiger partial charge < -0.3 is 10.2 Å². The van der Waals surface area contributed by atoms with Crippen LogP contribution < -0.4 is 5.32 Å². The molecule has 3 rings (SSSR count). The highest BCUT2D eigenvalue weighted by Gasteiger charge is 2.31. The first-order valence-electron chi connectivity index (χ1n) is 11.5. The summed E-state index contributed by atoms with van der Waals surface area (Å²) in [7, 11) is 0. The normalized spacial score (nSPS) is 11.8. The number of carbonyl (C=O) groups is 2. The van der Waals surface area contributed by atoms with Crippen LogP contribution in [0.3, 0.4) is 0 Å². The van der Waals surface area contributed by atoms with Crippen molar-refractivity contribution in [1.29, 1.82) is 0 Å². The van der Waals surface area contributed by atoms with Crippen molar-refractivity contribution in [2.75, 3.05) is 5.75 Å². The molecule has 3 aromatic carbocycles. The van der Waals surface area contributed by atoms with Crippen LogP contribution >= 0.6 is 35.0 Å². The van der Waals surface area contributed by atoms with E-state index in [1.807, 2.05) is 75.4 Å². The summed E-state index contributed by atoms with van der Waals surface area (Å²) < 4.78 is 0. The van der Waals surface area contributed by atoms with Gasteiger partial charge in [0.2, 0.25) is 11.8 Å². The molecule has 0 bridgehead atoms. The molecule has 0 heterocycles. The molecule has 1 atom stereocenters. The minimum Gasteiger partial charge on any atom is -0.352 e. The van der Waals surface area contributed by atoms with E-state index in [0.29, 0.717) is 16.5 Å². The fourth-order valence-electron chi connectivity index (χ4n) is 3.63. The molecule has 0 aliphatic heterocycles. The Hall–Kier alpha value is -2.47. The van der Waals surface area contributed by atoms with Crippen molar-refractivity contribution in [1.82, 2.24) is 10.2 Å². The van der Waals surface area contributed by atoms with Crippen LogP contribution in [0.1, 0.15) is 30.5 Å². The topological polar surface area (TPSA) is 49.4 Å². The van der Waals surface area contributed by atoms with Crippen LogP contribution in [-0.2, 0) is 22.6 Å². The second kappa shape index (κ2) is 13.0. The first-order valence-corrected chi connectivity index (χ1v) is 13.2. The summed E-state index contributed by atoms with van der Waals surface area (Å²) in [5.74, 6) is -0.127. The molecule has 35 heavy (non-hydrogen) atoms. The molecule has 0 aliphatic rings. The van der Waals surface area contributed by atoms with E-state index in [9.17, 15) is 9.59 Å². The van der Waals surface area contributed by atoms with Crippen LogP contribution in [-0.4, -0.2) is 34.6 Å². The number of nitrogens with zero attached hydrogens (tertiary/aromatic N) is 1. The van der Waals surface area contributed by atoms with Crippen LogP contribution in [0, 0.1) is 6.92 Å². The minimum atomic E-state index is -0.697. The number of hydrogen-bond donors (Lipinski definition) is 1. The van der Waals surface area contributed by atoms with E-state index in [4.69, 9.17) is 23.2 Å². The lowest BCUT2D eigenvalue weighted by atomic mass is 10.0. The molecule has 0 aliphatic carbocycles. The van der Waals surface area contributed by atoms with Gasteiger partial charge in [0.05, 0.1) is 5.75 Å². The number of amides is 2. The molecule has 3 aromatic rings. The van der Waals surface area contributed by atoms with E-state index in [1.54, 1.807) is 23.1 Å². The maximum atomic E-state index is 13.6. The highest BCUT2D eigenvalue weighted by Crippen LogP contribution is 2.26. The second-order valence-electron chi connectivity index (χ2n) is 8.73. The third kappa shape index (κ3) is 8.31. The lowest BCUT2D eigenvalue weighted by Crippen LogP contribution is -2.52. The highest BCUT2D eigenvalue weighted by molar-refractivity contribution is 8.00. The smallest absolute Gasteiger partial charge is 0.243 e. The maximum absolute atomic E-state index is 13.6. The Balaban J connectivity index is 1.93. The molecule has 2 amide bonds. The number of halogens is 2. The average molecular weight is 530 g/mol. The molecular formula is C28H30Cl2N2O2S. The van der Waals surface area contributed by atoms with Crippen LogP contribution in [0.4, 0.5) is 0 Å². The summed E-state index contributed by atoms with van der Waals surface area (Å²) in [6.07, 6.45) is 0.394. The molecule has 0 unspecified atom stereocenters. The number of benzene rings is 3. The van der Waals surface area contributed by atoms with Crippen LogP contribution in [0.5, 0.6) is 0 Å². The zero-order chi connectivity index (χ0) is 25.4. The van der Waals surface area contributed by atoms with Crippen LogP contribution in [0.25, 0.3) is 0 Å². The summed E-state index contributed by atoms with van der Waals surface area (Å²) in [5, 5.41) is 3.97. The van der Waals surface area contributed by atoms with Crippen molar-refractivity contribution < 1.29 is 9.59 Å². The fourth-order valence-corrected chi connectivity index (χ4v) is 4.88. The monoisotopic (exact) mass is 528 g/mol. The average Bonchev–Trinajstić information content (AvgIpc) is 2.82. The van der Waals surface area contributed by atoms with Gasteiger partial charge in [-0.2, -0.15) is 0 Å². The second-order valence-corrected chi connectivity index (χ2v) is 10.6. The van der Waals surface area contributed by atoms with Crippen molar-refractivity contribution in [3.63, 3.8) is 0 Å². The Kier molecular flexibility index (Phi) is 10.1. The van der Waals surface area contributed by atoms with Crippen molar-refractivity contribution in [2.45, 2.75) is 50.7 Å². The zero-order valence-electron chi connectivity index (χ0n) is 20.1. The zero-order valence-corrected chi connectivity index (χ0v) is 22.5. The molecule has 0 fully saturated rings. The van der Waals surface area contributed by atoms with E-state index in [0.717, 1.165) is 21.6 Å². The first-order chi connectivity index (χ1) is 16.7. The molecule has 0 aromatic heterocycles. The number of nitrogens with one attached hydrogen (secondary N) is 1. The summed E-state index contributed by atoms with van der Waals surface area (Å²) >= 11 is 14.0. The number of rotatable bonds is 10. The molecule has 4 nitrogen and oxygen atoms in total. The van der Waals surface area contributed by atoms with Gasteiger partial charge in [-0.3, -0.25) is 9.59 Å².